The number of piperidine rings is 1. The van der Waals surface area contributed by atoms with Gasteiger partial charge in [-0.3, -0.25) is 0 Å². The molecule has 3 rings (SSSR count). The van der Waals surface area contributed by atoms with E-state index in [1.54, 1.807) is 6.26 Å². The van der Waals surface area contributed by atoms with Gasteiger partial charge in [-0.1, -0.05) is 19.9 Å². The Balaban J connectivity index is 1.92. The molecule has 1 aromatic rings. The molecule has 2 aliphatic rings. The van der Waals surface area contributed by atoms with E-state index in [1.807, 2.05) is 6.26 Å². The molecule has 3 heterocycles. The standard InChI is InChI=1S/C15H21NO/c1-11-3-5-14-12(2)4-6-15(16(14)9-11)13-7-8-17-10-13/h6-8,10-12,14H,3-5,9H2,1-2H3/t11-,12+,14-/m0/s1. The Hall–Kier alpha value is -1.18. The van der Waals surface area contributed by atoms with Gasteiger partial charge in [0, 0.05) is 23.8 Å². The van der Waals surface area contributed by atoms with Gasteiger partial charge in [0.1, 0.15) is 0 Å². The Labute approximate surface area is 103 Å². The highest BCUT2D eigenvalue weighted by molar-refractivity contribution is 5.64. The molecule has 92 valence electrons. The van der Waals surface area contributed by atoms with Crippen LogP contribution in [0.25, 0.3) is 5.70 Å². The molecule has 0 spiro atoms. The van der Waals surface area contributed by atoms with E-state index in [1.165, 1.54) is 37.1 Å². The van der Waals surface area contributed by atoms with Crippen molar-refractivity contribution in [2.45, 2.75) is 39.2 Å². The molecule has 0 unspecified atom stereocenters. The van der Waals surface area contributed by atoms with E-state index in [-0.39, 0.29) is 0 Å². The Bertz CT molecular complexity index is 407. The zero-order valence-electron chi connectivity index (χ0n) is 10.7. The topological polar surface area (TPSA) is 16.4 Å². The summed E-state index contributed by atoms with van der Waals surface area (Å²) < 4.78 is 5.23. The van der Waals surface area contributed by atoms with E-state index in [2.05, 4.69) is 30.9 Å². The second-order valence-electron chi connectivity index (χ2n) is 5.72. The van der Waals surface area contributed by atoms with Crippen molar-refractivity contribution in [2.75, 3.05) is 6.54 Å². The first-order chi connectivity index (χ1) is 8.25. The van der Waals surface area contributed by atoms with Crippen molar-refractivity contribution in [1.29, 1.82) is 0 Å². The first-order valence-corrected chi connectivity index (χ1v) is 6.75. The molecule has 0 bridgehead atoms. The molecular formula is C15H21NO. The predicted molar refractivity (Wildman–Crippen MR) is 69.4 cm³/mol. The van der Waals surface area contributed by atoms with Gasteiger partial charge < -0.3 is 9.32 Å². The summed E-state index contributed by atoms with van der Waals surface area (Å²) in [6, 6.07) is 2.82. The molecule has 1 saturated heterocycles. The Morgan fingerprint density at radius 1 is 1.29 bits per heavy atom. The summed E-state index contributed by atoms with van der Waals surface area (Å²) in [7, 11) is 0. The minimum Gasteiger partial charge on any atom is -0.472 e. The SMILES string of the molecule is C[C@H]1CC[C@H]2[C@H](C)CC=C(c3ccoc3)N2C1. The maximum Gasteiger partial charge on any atom is 0.0995 e. The van der Waals surface area contributed by atoms with Gasteiger partial charge in [-0.25, -0.2) is 0 Å². The average Bonchev–Trinajstić information content (AvgIpc) is 2.83. The van der Waals surface area contributed by atoms with Crippen LogP contribution in [0.5, 0.6) is 0 Å². The van der Waals surface area contributed by atoms with Gasteiger partial charge in [0.2, 0.25) is 0 Å². The van der Waals surface area contributed by atoms with Gasteiger partial charge in [-0.15, -0.1) is 0 Å². The quantitative estimate of drug-likeness (QED) is 0.731. The minimum atomic E-state index is 0.737. The second kappa shape index (κ2) is 4.25. The summed E-state index contributed by atoms with van der Waals surface area (Å²) in [5.41, 5.74) is 2.64. The van der Waals surface area contributed by atoms with Crippen LogP contribution in [0.1, 0.15) is 38.7 Å². The molecule has 2 aliphatic heterocycles. The molecule has 0 saturated carbocycles. The van der Waals surface area contributed by atoms with Gasteiger partial charge >= 0.3 is 0 Å². The van der Waals surface area contributed by atoms with E-state index in [4.69, 9.17) is 4.42 Å². The van der Waals surface area contributed by atoms with Crippen LogP contribution in [0.15, 0.2) is 29.1 Å². The van der Waals surface area contributed by atoms with E-state index >= 15 is 0 Å². The smallest absolute Gasteiger partial charge is 0.0995 e. The molecule has 0 radical (unpaired) electrons. The van der Waals surface area contributed by atoms with Crippen molar-refractivity contribution in [3.63, 3.8) is 0 Å². The van der Waals surface area contributed by atoms with Crippen molar-refractivity contribution < 1.29 is 4.42 Å². The third kappa shape index (κ3) is 1.90. The number of fused-ring (bicyclic) bond motifs is 1. The lowest BCUT2D eigenvalue weighted by Gasteiger charge is -2.46. The van der Waals surface area contributed by atoms with E-state index in [0.29, 0.717) is 0 Å². The summed E-state index contributed by atoms with van der Waals surface area (Å²) in [6.07, 6.45) is 9.97. The molecule has 2 nitrogen and oxygen atoms in total. The zero-order valence-corrected chi connectivity index (χ0v) is 10.7. The Kier molecular flexibility index (Phi) is 2.73. The maximum atomic E-state index is 5.23. The number of hydrogen-bond donors (Lipinski definition) is 0. The van der Waals surface area contributed by atoms with E-state index < -0.39 is 0 Å². The van der Waals surface area contributed by atoms with Crippen LogP contribution in [0.4, 0.5) is 0 Å². The summed E-state index contributed by atoms with van der Waals surface area (Å²) >= 11 is 0. The molecule has 17 heavy (non-hydrogen) atoms. The van der Waals surface area contributed by atoms with Crippen LogP contribution in [-0.4, -0.2) is 17.5 Å². The number of nitrogens with zero attached hydrogens (tertiary/aromatic N) is 1. The third-order valence-electron chi connectivity index (χ3n) is 4.33. The first kappa shape index (κ1) is 10.9. The highest BCUT2D eigenvalue weighted by Crippen LogP contribution is 2.38. The summed E-state index contributed by atoms with van der Waals surface area (Å²) in [5, 5.41) is 0. The molecular weight excluding hydrogens is 210 g/mol. The van der Waals surface area contributed by atoms with Crippen LogP contribution in [-0.2, 0) is 0 Å². The number of furan rings is 1. The van der Waals surface area contributed by atoms with Crippen LogP contribution in [0.2, 0.25) is 0 Å². The highest BCUT2D eigenvalue weighted by atomic mass is 16.3. The molecule has 1 fully saturated rings. The predicted octanol–water partition coefficient (Wildman–Crippen LogP) is 3.76. The van der Waals surface area contributed by atoms with Crippen molar-refractivity contribution in [3.8, 4) is 0 Å². The summed E-state index contributed by atoms with van der Waals surface area (Å²) in [4.78, 5) is 2.62. The lowest BCUT2D eigenvalue weighted by atomic mass is 9.82. The molecule has 0 amide bonds. The summed E-state index contributed by atoms with van der Waals surface area (Å²) in [6.45, 7) is 5.95. The molecule has 0 aromatic carbocycles. The summed E-state index contributed by atoms with van der Waals surface area (Å²) in [5.74, 6) is 1.60. The lowest BCUT2D eigenvalue weighted by molar-refractivity contribution is 0.128. The number of rotatable bonds is 1. The monoisotopic (exact) mass is 231 g/mol. The largest absolute Gasteiger partial charge is 0.472 e. The van der Waals surface area contributed by atoms with Gasteiger partial charge in [0.05, 0.1) is 12.5 Å². The van der Waals surface area contributed by atoms with Crippen molar-refractivity contribution in [1.82, 2.24) is 4.90 Å². The second-order valence-corrected chi connectivity index (χ2v) is 5.72. The Morgan fingerprint density at radius 2 is 2.18 bits per heavy atom. The van der Waals surface area contributed by atoms with Crippen LogP contribution in [0.3, 0.4) is 0 Å². The van der Waals surface area contributed by atoms with Crippen molar-refractivity contribution in [3.05, 3.63) is 30.2 Å². The average molecular weight is 231 g/mol. The van der Waals surface area contributed by atoms with Gasteiger partial charge in [0.15, 0.2) is 0 Å². The fourth-order valence-corrected chi connectivity index (χ4v) is 3.31. The van der Waals surface area contributed by atoms with E-state index in [9.17, 15) is 0 Å². The van der Waals surface area contributed by atoms with Gasteiger partial charge in [0.25, 0.3) is 0 Å². The fourth-order valence-electron chi connectivity index (χ4n) is 3.31. The molecule has 0 aliphatic carbocycles. The van der Waals surface area contributed by atoms with Crippen molar-refractivity contribution >= 4 is 5.70 Å². The lowest BCUT2D eigenvalue weighted by Crippen LogP contribution is -2.46. The molecule has 2 heteroatoms. The third-order valence-corrected chi connectivity index (χ3v) is 4.33. The minimum absolute atomic E-state index is 0.737. The molecule has 0 N–H and O–H groups in total. The molecule has 3 atom stereocenters. The first-order valence-electron chi connectivity index (χ1n) is 6.75. The van der Waals surface area contributed by atoms with Crippen LogP contribution >= 0.6 is 0 Å². The van der Waals surface area contributed by atoms with Crippen molar-refractivity contribution in [2.24, 2.45) is 11.8 Å². The van der Waals surface area contributed by atoms with Crippen LogP contribution in [0, 0.1) is 11.8 Å². The van der Waals surface area contributed by atoms with Crippen LogP contribution < -0.4 is 0 Å². The highest BCUT2D eigenvalue weighted by Gasteiger charge is 2.34. The maximum absolute atomic E-state index is 5.23. The van der Waals surface area contributed by atoms with Gasteiger partial charge in [-0.2, -0.15) is 0 Å². The fraction of sp³-hybridized carbons (Fsp3) is 0.600. The number of hydrogen-bond acceptors (Lipinski definition) is 2. The van der Waals surface area contributed by atoms with E-state index in [0.717, 1.165) is 17.9 Å². The molecule has 1 aromatic heterocycles. The van der Waals surface area contributed by atoms with Gasteiger partial charge in [-0.05, 0) is 37.2 Å². The number of allylic oxidation sites excluding steroid dienone is 1. The zero-order chi connectivity index (χ0) is 11.8. The normalized spacial score (nSPS) is 33.2. The Morgan fingerprint density at radius 3 is 2.94 bits per heavy atom.